The van der Waals surface area contributed by atoms with Gasteiger partial charge in [0.15, 0.2) is 5.54 Å². The lowest BCUT2D eigenvalue weighted by Crippen LogP contribution is -2.65. The lowest BCUT2D eigenvalue weighted by atomic mass is 9.75. The molecule has 1 aliphatic rings. The standard InChI is InChI=1S/C20H23N3O3.C12H10/c1-22-12-13-23(14-17(21)24)20(19(25)26,16-10-6-3-7-11-16)18(22)15-8-4-2-5-9-15;1-3-7-11(8-4-1)12-9-5-2-6-10-12/h2-11,18H,12-14H2,1H3,(H2,21,24)(H,25,26);1-10H. The largest absolute Gasteiger partial charge is 0.480 e. The van der Waals surface area contributed by atoms with Gasteiger partial charge >= 0.3 is 5.97 Å². The molecule has 1 fully saturated rings. The molecule has 0 bridgehead atoms. The molecule has 3 N–H and O–H groups in total. The van der Waals surface area contributed by atoms with Gasteiger partial charge in [0.25, 0.3) is 0 Å². The van der Waals surface area contributed by atoms with Gasteiger partial charge in [0.1, 0.15) is 0 Å². The first kappa shape index (κ1) is 26.8. The van der Waals surface area contributed by atoms with E-state index in [9.17, 15) is 14.7 Å². The van der Waals surface area contributed by atoms with E-state index in [2.05, 4.69) is 48.5 Å². The Bertz CT molecular complexity index is 1280. The number of hydrogen-bond donors (Lipinski definition) is 2. The van der Waals surface area contributed by atoms with Gasteiger partial charge in [0.2, 0.25) is 5.91 Å². The van der Waals surface area contributed by atoms with Gasteiger partial charge in [0, 0.05) is 13.1 Å². The normalized spacial score (nSPS) is 19.7. The number of nitrogens with two attached hydrogens (primary N) is 1. The Morgan fingerprint density at radius 1 is 0.763 bits per heavy atom. The summed E-state index contributed by atoms with van der Waals surface area (Å²) in [6, 6.07) is 39.0. The average molecular weight is 508 g/mol. The Morgan fingerprint density at radius 2 is 1.21 bits per heavy atom. The van der Waals surface area contributed by atoms with Crippen molar-refractivity contribution < 1.29 is 14.7 Å². The molecule has 0 spiro atoms. The molecule has 4 aromatic carbocycles. The van der Waals surface area contributed by atoms with Crippen LogP contribution in [-0.2, 0) is 15.1 Å². The van der Waals surface area contributed by atoms with E-state index in [1.165, 1.54) is 11.1 Å². The van der Waals surface area contributed by atoms with Crippen molar-refractivity contribution in [1.82, 2.24) is 9.80 Å². The van der Waals surface area contributed by atoms with Crippen molar-refractivity contribution in [3.63, 3.8) is 0 Å². The number of rotatable bonds is 6. The molecule has 0 saturated carbocycles. The first-order valence-corrected chi connectivity index (χ1v) is 12.6. The summed E-state index contributed by atoms with van der Waals surface area (Å²) in [5.41, 5.74) is 8.11. The molecule has 38 heavy (non-hydrogen) atoms. The molecular weight excluding hydrogens is 474 g/mol. The number of carboxylic acids is 1. The van der Waals surface area contributed by atoms with E-state index in [1.807, 2.05) is 72.6 Å². The van der Waals surface area contributed by atoms with Crippen molar-refractivity contribution in [3.05, 3.63) is 132 Å². The molecule has 2 unspecified atom stereocenters. The van der Waals surface area contributed by atoms with Crippen LogP contribution in [0, 0.1) is 0 Å². The van der Waals surface area contributed by atoms with Crippen molar-refractivity contribution in [2.45, 2.75) is 11.6 Å². The molecule has 194 valence electrons. The second-order valence-electron chi connectivity index (χ2n) is 9.35. The Hall–Kier alpha value is -4.26. The predicted octanol–water partition coefficient (Wildman–Crippen LogP) is 4.79. The lowest BCUT2D eigenvalue weighted by molar-refractivity contribution is -0.165. The number of carboxylic acid groups (broad SMARTS) is 1. The number of likely N-dealkylation sites (N-methyl/N-ethyl adjacent to an activating group) is 1. The summed E-state index contributed by atoms with van der Waals surface area (Å²) in [6.45, 7) is 0.955. The molecule has 6 nitrogen and oxygen atoms in total. The molecule has 0 aromatic heterocycles. The van der Waals surface area contributed by atoms with Crippen molar-refractivity contribution in [2.24, 2.45) is 5.73 Å². The van der Waals surface area contributed by atoms with Gasteiger partial charge in [-0.05, 0) is 29.3 Å². The number of piperazine rings is 1. The van der Waals surface area contributed by atoms with Gasteiger partial charge < -0.3 is 10.8 Å². The van der Waals surface area contributed by atoms with Crippen LogP contribution in [0.15, 0.2) is 121 Å². The molecule has 2 atom stereocenters. The first-order chi connectivity index (χ1) is 18.4. The molecular formula is C32H33N3O3. The van der Waals surface area contributed by atoms with Crippen molar-refractivity contribution in [3.8, 4) is 11.1 Å². The number of aliphatic carboxylic acids is 1. The summed E-state index contributed by atoms with van der Waals surface area (Å²) >= 11 is 0. The Balaban J connectivity index is 0.000000232. The maximum Gasteiger partial charge on any atom is 0.330 e. The smallest absolute Gasteiger partial charge is 0.330 e. The Morgan fingerprint density at radius 3 is 1.66 bits per heavy atom. The topological polar surface area (TPSA) is 86.9 Å². The summed E-state index contributed by atoms with van der Waals surface area (Å²) in [5, 5.41) is 10.5. The molecule has 0 radical (unpaired) electrons. The number of carbonyl (C=O) groups is 2. The molecule has 5 rings (SSSR count). The predicted molar refractivity (Wildman–Crippen MR) is 150 cm³/mol. The average Bonchev–Trinajstić information content (AvgIpc) is 2.95. The van der Waals surface area contributed by atoms with Crippen LogP contribution in [-0.4, -0.2) is 53.5 Å². The third-order valence-corrected chi connectivity index (χ3v) is 6.94. The maximum absolute atomic E-state index is 12.8. The quantitative estimate of drug-likeness (QED) is 0.392. The zero-order valence-corrected chi connectivity index (χ0v) is 21.5. The fraction of sp³-hybridized carbons (Fsp3) is 0.188. The highest BCUT2D eigenvalue weighted by atomic mass is 16.4. The number of primary amides is 1. The second-order valence-corrected chi connectivity index (χ2v) is 9.35. The number of carbonyl (C=O) groups excluding carboxylic acids is 1. The van der Waals surface area contributed by atoms with Gasteiger partial charge in [-0.2, -0.15) is 0 Å². The Labute approximate surface area is 223 Å². The van der Waals surface area contributed by atoms with E-state index in [-0.39, 0.29) is 6.54 Å². The van der Waals surface area contributed by atoms with Gasteiger partial charge in [-0.25, -0.2) is 4.79 Å². The fourth-order valence-electron chi connectivity index (χ4n) is 5.27. The summed E-state index contributed by atoms with van der Waals surface area (Å²) in [7, 11) is 1.92. The number of nitrogens with zero attached hydrogens (tertiary/aromatic N) is 2. The van der Waals surface area contributed by atoms with Crippen LogP contribution in [0.5, 0.6) is 0 Å². The highest BCUT2D eigenvalue weighted by Gasteiger charge is 2.56. The summed E-state index contributed by atoms with van der Waals surface area (Å²) in [6.07, 6.45) is 0. The van der Waals surface area contributed by atoms with Crippen LogP contribution in [0.25, 0.3) is 11.1 Å². The molecule has 1 heterocycles. The minimum Gasteiger partial charge on any atom is -0.480 e. The minimum absolute atomic E-state index is 0.113. The molecule has 1 aliphatic heterocycles. The van der Waals surface area contributed by atoms with Crippen LogP contribution in [0.4, 0.5) is 0 Å². The Kier molecular flexibility index (Phi) is 8.69. The highest BCUT2D eigenvalue weighted by molar-refractivity contribution is 5.84. The highest BCUT2D eigenvalue weighted by Crippen LogP contribution is 2.46. The zero-order chi connectivity index (χ0) is 27.0. The minimum atomic E-state index is -1.41. The van der Waals surface area contributed by atoms with Crippen molar-refractivity contribution >= 4 is 11.9 Å². The van der Waals surface area contributed by atoms with E-state index in [4.69, 9.17) is 5.73 Å². The summed E-state index contributed by atoms with van der Waals surface area (Å²) < 4.78 is 0. The van der Waals surface area contributed by atoms with Crippen LogP contribution >= 0.6 is 0 Å². The molecule has 1 amide bonds. The van der Waals surface area contributed by atoms with Crippen molar-refractivity contribution in [2.75, 3.05) is 26.7 Å². The lowest BCUT2D eigenvalue weighted by Gasteiger charge is -2.53. The van der Waals surface area contributed by atoms with E-state index < -0.39 is 23.5 Å². The van der Waals surface area contributed by atoms with Crippen LogP contribution in [0.3, 0.4) is 0 Å². The zero-order valence-electron chi connectivity index (χ0n) is 21.5. The van der Waals surface area contributed by atoms with Crippen LogP contribution in [0.2, 0.25) is 0 Å². The summed E-state index contributed by atoms with van der Waals surface area (Å²) in [5.74, 6) is -1.53. The fourth-order valence-corrected chi connectivity index (χ4v) is 5.27. The third-order valence-electron chi connectivity index (χ3n) is 6.94. The number of benzene rings is 4. The number of amides is 1. The van der Waals surface area contributed by atoms with E-state index in [1.54, 1.807) is 17.0 Å². The molecule has 1 saturated heterocycles. The second kappa shape index (κ2) is 12.3. The SMILES string of the molecule is CN1CCN(CC(N)=O)C(C(=O)O)(c2ccccc2)C1c1ccccc1.c1ccc(-c2ccccc2)cc1. The maximum atomic E-state index is 12.8. The number of hydrogen-bond acceptors (Lipinski definition) is 4. The van der Waals surface area contributed by atoms with E-state index in [0.717, 1.165) is 5.56 Å². The van der Waals surface area contributed by atoms with Crippen LogP contribution < -0.4 is 5.73 Å². The van der Waals surface area contributed by atoms with Gasteiger partial charge in [0.05, 0.1) is 12.6 Å². The van der Waals surface area contributed by atoms with E-state index >= 15 is 0 Å². The van der Waals surface area contributed by atoms with Crippen molar-refractivity contribution in [1.29, 1.82) is 0 Å². The third kappa shape index (κ3) is 5.67. The molecule has 6 heteroatoms. The monoisotopic (exact) mass is 507 g/mol. The van der Waals surface area contributed by atoms with E-state index in [0.29, 0.717) is 18.7 Å². The van der Waals surface area contributed by atoms with Gasteiger partial charge in [-0.1, -0.05) is 121 Å². The molecule has 4 aromatic rings. The van der Waals surface area contributed by atoms with Gasteiger partial charge in [-0.15, -0.1) is 0 Å². The summed E-state index contributed by atoms with van der Waals surface area (Å²) in [4.78, 5) is 28.2. The molecule has 0 aliphatic carbocycles. The van der Waals surface area contributed by atoms with Crippen LogP contribution in [0.1, 0.15) is 17.2 Å². The first-order valence-electron chi connectivity index (χ1n) is 12.6. The van der Waals surface area contributed by atoms with Gasteiger partial charge in [-0.3, -0.25) is 14.6 Å².